The Morgan fingerprint density at radius 1 is 1.26 bits per heavy atom. The first-order chi connectivity index (χ1) is 10.6. The van der Waals surface area contributed by atoms with E-state index >= 15 is 0 Å². The Hall–Kier alpha value is -3.09. The molecule has 2 aromatic rings. The van der Waals surface area contributed by atoms with Gasteiger partial charge in [0.1, 0.15) is 5.82 Å². The van der Waals surface area contributed by atoms with Crippen LogP contribution in [-0.2, 0) is 6.18 Å². The Bertz CT molecular complexity index is 913. The molecule has 0 aliphatic heterocycles. The van der Waals surface area contributed by atoms with Crippen molar-refractivity contribution in [3.05, 3.63) is 61.7 Å². The van der Waals surface area contributed by atoms with Gasteiger partial charge >= 0.3 is 11.9 Å². The molecular weight excluding hydrogens is 320 g/mol. The largest absolute Gasteiger partial charge is 0.433 e. The summed E-state index contributed by atoms with van der Waals surface area (Å²) >= 11 is 0. The minimum atomic E-state index is -5.03. The Balaban J connectivity index is 2.90. The monoisotopic (exact) mass is 328 g/mol. The van der Waals surface area contributed by atoms with E-state index in [-0.39, 0.29) is 14.8 Å². The molecule has 0 radical (unpaired) electrons. The number of aromatic nitrogens is 2. The minimum absolute atomic E-state index is 0.0870. The van der Waals surface area contributed by atoms with Gasteiger partial charge in [-0.25, -0.2) is 18.4 Å². The lowest BCUT2D eigenvalue weighted by atomic mass is 10.2. The van der Waals surface area contributed by atoms with Gasteiger partial charge in [0, 0.05) is 5.56 Å². The molecule has 0 saturated heterocycles. The molecule has 1 aromatic carbocycles. The summed E-state index contributed by atoms with van der Waals surface area (Å²) in [4.78, 5) is 24.1. The fraction of sp³-hybridized carbons (Fsp3) is 0.154. The van der Waals surface area contributed by atoms with Crippen molar-refractivity contribution in [3.8, 4) is 11.8 Å². The van der Waals surface area contributed by atoms with E-state index < -0.39 is 40.2 Å². The number of halogens is 4. The number of benzene rings is 1. The molecule has 6 nitrogen and oxygen atoms in total. The molecule has 10 heteroatoms. The molecule has 23 heavy (non-hydrogen) atoms. The number of nitrogens with two attached hydrogens (primary N) is 1. The molecule has 2 N–H and O–H groups in total. The van der Waals surface area contributed by atoms with E-state index in [9.17, 15) is 27.2 Å². The van der Waals surface area contributed by atoms with Crippen LogP contribution in [0.2, 0.25) is 0 Å². The first kappa shape index (κ1) is 16.3. The third-order valence-corrected chi connectivity index (χ3v) is 3.10. The van der Waals surface area contributed by atoms with Gasteiger partial charge in [-0.15, -0.1) is 0 Å². The molecule has 0 saturated carbocycles. The highest BCUT2D eigenvalue weighted by Gasteiger charge is 2.38. The molecule has 2 rings (SSSR count). The van der Waals surface area contributed by atoms with Gasteiger partial charge in [-0.3, -0.25) is 4.79 Å². The van der Waals surface area contributed by atoms with Gasteiger partial charge in [-0.05, 0) is 25.1 Å². The number of alkyl halides is 3. The zero-order valence-corrected chi connectivity index (χ0v) is 11.5. The van der Waals surface area contributed by atoms with Gasteiger partial charge in [-0.2, -0.15) is 18.4 Å². The smallest absolute Gasteiger partial charge is 0.335 e. The third-order valence-electron chi connectivity index (χ3n) is 3.10. The second-order valence-electron chi connectivity index (χ2n) is 4.54. The normalized spacial score (nSPS) is 11.3. The van der Waals surface area contributed by atoms with Crippen molar-refractivity contribution in [2.75, 3.05) is 5.84 Å². The molecule has 0 spiro atoms. The summed E-state index contributed by atoms with van der Waals surface area (Å²) in [6, 6.07) is 4.43. The number of nitriles is 1. The minimum Gasteiger partial charge on any atom is -0.335 e. The molecule has 0 unspecified atom stereocenters. The molecule has 120 valence electrons. The average molecular weight is 328 g/mol. The van der Waals surface area contributed by atoms with E-state index in [1.54, 1.807) is 6.07 Å². The van der Waals surface area contributed by atoms with Crippen LogP contribution in [0.4, 0.5) is 17.6 Å². The van der Waals surface area contributed by atoms with E-state index in [2.05, 4.69) is 0 Å². The second kappa shape index (κ2) is 5.28. The quantitative estimate of drug-likeness (QED) is 0.625. The zero-order valence-electron chi connectivity index (χ0n) is 11.5. The maximum atomic E-state index is 14.0. The summed E-state index contributed by atoms with van der Waals surface area (Å²) in [5, 5.41) is 8.65. The molecule has 0 aliphatic rings. The lowest BCUT2D eigenvalue weighted by Crippen LogP contribution is -2.47. The van der Waals surface area contributed by atoms with Crippen LogP contribution in [0.15, 0.2) is 27.8 Å². The van der Waals surface area contributed by atoms with E-state index in [0.717, 1.165) is 25.1 Å². The van der Waals surface area contributed by atoms with Crippen LogP contribution < -0.4 is 17.1 Å². The fourth-order valence-electron chi connectivity index (χ4n) is 2.06. The molecule has 0 fully saturated rings. The Labute approximate surface area is 125 Å². The molecular formula is C13H8F4N4O2. The SMILES string of the molecule is Cc1c(C(F)(F)F)n(N)c(=O)n(-c2ccc(C#N)cc2F)c1=O. The summed E-state index contributed by atoms with van der Waals surface area (Å²) in [7, 11) is 0. The zero-order chi connectivity index (χ0) is 17.5. The lowest BCUT2D eigenvalue weighted by molar-refractivity contribution is -0.144. The predicted octanol–water partition coefficient (Wildman–Crippen LogP) is 1.05. The van der Waals surface area contributed by atoms with Crippen LogP contribution in [0.1, 0.15) is 16.8 Å². The summed E-state index contributed by atoms with van der Waals surface area (Å²) in [6.07, 6.45) is -5.03. The highest BCUT2D eigenvalue weighted by Crippen LogP contribution is 2.29. The molecule has 0 aliphatic carbocycles. The van der Waals surface area contributed by atoms with Crippen molar-refractivity contribution in [2.45, 2.75) is 13.1 Å². The number of nitrogens with zero attached hydrogens (tertiary/aromatic N) is 3. The molecule has 1 aromatic heterocycles. The summed E-state index contributed by atoms with van der Waals surface area (Å²) < 4.78 is 52.5. The number of hydrogen-bond donors (Lipinski definition) is 1. The van der Waals surface area contributed by atoms with Crippen molar-refractivity contribution in [3.63, 3.8) is 0 Å². The van der Waals surface area contributed by atoms with Crippen LogP contribution in [-0.4, -0.2) is 9.24 Å². The first-order valence-electron chi connectivity index (χ1n) is 6.00. The molecule has 0 bridgehead atoms. The van der Waals surface area contributed by atoms with Gasteiger partial charge in [0.05, 0.1) is 17.3 Å². The van der Waals surface area contributed by atoms with Gasteiger partial charge in [0.15, 0.2) is 5.69 Å². The molecule has 0 amide bonds. The van der Waals surface area contributed by atoms with Crippen molar-refractivity contribution in [2.24, 2.45) is 0 Å². The Morgan fingerprint density at radius 3 is 2.35 bits per heavy atom. The summed E-state index contributed by atoms with van der Waals surface area (Å²) in [5.74, 6) is 4.01. The van der Waals surface area contributed by atoms with Crippen molar-refractivity contribution < 1.29 is 17.6 Å². The maximum Gasteiger partial charge on any atom is 0.433 e. The van der Waals surface area contributed by atoms with Crippen LogP contribution in [0.3, 0.4) is 0 Å². The van der Waals surface area contributed by atoms with Crippen LogP contribution in [0.25, 0.3) is 5.69 Å². The average Bonchev–Trinajstić information content (AvgIpc) is 2.45. The van der Waals surface area contributed by atoms with Gasteiger partial charge in [0.25, 0.3) is 5.56 Å². The number of hydrogen-bond acceptors (Lipinski definition) is 4. The van der Waals surface area contributed by atoms with Gasteiger partial charge in [0.2, 0.25) is 0 Å². The Kier molecular flexibility index (Phi) is 3.73. The highest BCUT2D eigenvalue weighted by molar-refractivity contribution is 5.41. The van der Waals surface area contributed by atoms with E-state index in [1.807, 2.05) is 0 Å². The molecule has 0 atom stereocenters. The van der Waals surface area contributed by atoms with Gasteiger partial charge in [-0.1, -0.05) is 0 Å². The molecule has 1 heterocycles. The summed E-state index contributed by atoms with van der Waals surface area (Å²) in [6.45, 7) is 0.825. The highest BCUT2D eigenvalue weighted by atomic mass is 19.4. The summed E-state index contributed by atoms with van der Waals surface area (Å²) in [5.41, 5.74) is -6.07. The van der Waals surface area contributed by atoms with E-state index in [1.165, 1.54) is 0 Å². The second-order valence-corrected chi connectivity index (χ2v) is 4.54. The first-order valence-corrected chi connectivity index (χ1v) is 6.00. The lowest BCUT2D eigenvalue weighted by Gasteiger charge is -2.16. The van der Waals surface area contributed by atoms with Crippen LogP contribution >= 0.6 is 0 Å². The predicted molar refractivity (Wildman–Crippen MR) is 70.9 cm³/mol. The topological polar surface area (TPSA) is 93.8 Å². The van der Waals surface area contributed by atoms with Crippen LogP contribution in [0.5, 0.6) is 0 Å². The third kappa shape index (κ3) is 2.57. The van der Waals surface area contributed by atoms with Crippen molar-refractivity contribution in [1.82, 2.24) is 9.24 Å². The Morgan fingerprint density at radius 2 is 1.87 bits per heavy atom. The van der Waals surface area contributed by atoms with E-state index in [4.69, 9.17) is 11.1 Å². The maximum absolute atomic E-state index is 14.0. The van der Waals surface area contributed by atoms with E-state index in [0.29, 0.717) is 0 Å². The van der Waals surface area contributed by atoms with Crippen LogP contribution in [0, 0.1) is 24.1 Å². The standard InChI is InChI=1S/C13H8F4N4O2/c1-6-10(13(15,16)17)21(19)12(23)20(11(6)22)9-3-2-7(5-18)4-8(9)14/h2-4H,19H2,1H3. The van der Waals surface area contributed by atoms with Crippen molar-refractivity contribution in [1.29, 1.82) is 5.26 Å². The number of nitrogen functional groups attached to an aromatic ring is 1. The number of rotatable bonds is 1. The van der Waals surface area contributed by atoms with Gasteiger partial charge < -0.3 is 5.84 Å². The van der Waals surface area contributed by atoms with Crippen molar-refractivity contribution >= 4 is 0 Å². The fourth-order valence-corrected chi connectivity index (χ4v) is 2.06.